The number of anilines is 1. The summed E-state index contributed by atoms with van der Waals surface area (Å²) >= 11 is 0. The normalized spacial score (nSPS) is 10.7. The zero-order valence-electron chi connectivity index (χ0n) is 10.9. The van der Waals surface area contributed by atoms with Crippen molar-refractivity contribution in [3.63, 3.8) is 0 Å². The van der Waals surface area contributed by atoms with Crippen molar-refractivity contribution in [1.29, 1.82) is 0 Å². The van der Waals surface area contributed by atoms with Crippen LogP contribution in [-0.4, -0.2) is 7.11 Å². The van der Waals surface area contributed by atoms with E-state index in [9.17, 15) is 4.79 Å². The zero-order valence-corrected chi connectivity index (χ0v) is 10.9. The number of hydrogen-bond acceptors (Lipinski definition) is 4. The van der Waals surface area contributed by atoms with E-state index < -0.39 is 0 Å². The van der Waals surface area contributed by atoms with E-state index in [1.807, 2.05) is 6.07 Å². The molecule has 1 aromatic heterocycles. The second kappa shape index (κ2) is 4.74. The number of benzene rings is 2. The molecule has 0 amide bonds. The fraction of sp³-hybridized carbons (Fsp3) is 0.0625. The minimum atomic E-state index is -0.0935. The molecule has 100 valence electrons. The number of para-hydroxylation sites is 1. The van der Waals surface area contributed by atoms with Crippen LogP contribution in [0.15, 0.2) is 57.7 Å². The summed E-state index contributed by atoms with van der Waals surface area (Å²) in [7, 11) is 1.58. The van der Waals surface area contributed by atoms with E-state index in [0.717, 1.165) is 0 Å². The fourth-order valence-electron chi connectivity index (χ4n) is 2.11. The van der Waals surface area contributed by atoms with E-state index >= 15 is 0 Å². The third-order valence-electron chi connectivity index (χ3n) is 3.16. The van der Waals surface area contributed by atoms with E-state index in [4.69, 9.17) is 14.9 Å². The van der Waals surface area contributed by atoms with Crippen LogP contribution in [0.3, 0.4) is 0 Å². The summed E-state index contributed by atoms with van der Waals surface area (Å²) in [4.78, 5) is 12.1. The van der Waals surface area contributed by atoms with E-state index in [2.05, 4.69) is 0 Å². The Morgan fingerprint density at radius 2 is 1.90 bits per heavy atom. The third-order valence-corrected chi connectivity index (χ3v) is 3.16. The highest BCUT2D eigenvalue weighted by Crippen LogP contribution is 2.30. The van der Waals surface area contributed by atoms with E-state index in [1.165, 1.54) is 6.07 Å². The largest absolute Gasteiger partial charge is 0.497 e. The van der Waals surface area contributed by atoms with Crippen molar-refractivity contribution in [2.75, 3.05) is 12.8 Å². The molecule has 2 N–H and O–H groups in total. The number of hydrogen-bond donors (Lipinski definition) is 1. The first-order valence-electron chi connectivity index (χ1n) is 6.16. The van der Waals surface area contributed by atoms with Crippen LogP contribution in [0.2, 0.25) is 0 Å². The Balaban J connectivity index is 2.27. The molecule has 0 unspecified atom stereocenters. The quantitative estimate of drug-likeness (QED) is 0.725. The lowest BCUT2D eigenvalue weighted by Crippen LogP contribution is -2.01. The topological polar surface area (TPSA) is 65.5 Å². The van der Waals surface area contributed by atoms with Gasteiger partial charge in [0.1, 0.15) is 17.1 Å². The SMILES string of the molecule is COc1ccc(N)c(-c2cc(=O)c3ccccc3o2)c1. The Bertz CT molecular complexity index is 836. The maximum Gasteiger partial charge on any atom is 0.193 e. The highest BCUT2D eigenvalue weighted by Gasteiger charge is 2.10. The molecule has 3 aromatic rings. The van der Waals surface area contributed by atoms with Gasteiger partial charge in [-0.15, -0.1) is 0 Å². The highest BCUT2D eigenvalue weighted by molar-refractivity contribution is 5.81. The van der Waals surface area contributed by atoms with Gasteiger partial charge >= 0.3 is 0 Å². The Morgan fingerprint density at radius 3 is 2.70 bits per heavy atom. The molecular weight excluding hydrogens is 254 g/mol. The van der Waals surface area contributed by atoms with Crippen LogP contribution in [0.5, 0.6) is 5.75 Å². The first-order chi connectivity index (χ1) is 9.69. The Kier molecular flexibility index (Phi) is 2.91. The van der Waals surface area contributed by atoms with E-state index in [1.54, 1.807) is 43.5 Å². The summed E-state index contributed by atoms with van der Waals surface area (Å²) < 4.78 is 10.9. The van der Waals surface area contributed by atoms with Crippen LogP contribution in [0, 0.1) is 0 Å². The van der Waals surface area contributed by atoms with Crippen LogP contribution in [0.1, 0.15) is 0 Å². The van der Waals surface area contributed by atoms with Gasteiger partial charge in [0.05, 0.1) is 12.5 Å². The minimum absolute atomic E-state index is 0.0935. The van der Waals surface area contributed by atoms with Crippen LogP contribution in [0.4, 0.5) is 5.69 Å². The van der Waals surface area contributed by atoms with Gasteiger partial charge < -0.3 is 14.9 Å². The summed E-state index contributed by atoms with van der Waals surface area (Å²) in [5, 5.41) is 0.553. The lowest BCUT2D eigenvalue weighted by Gasteiger charge is -2.08. The fourth-order valence-corrected chi connectivity index (χ4v) is 2.11. The predicted octanol–water partition coefficient (Wildman–Crippen LogP) is 3.05. The van der Waals surface area contributed by atoms with Crippen molar-refractivity contribution in [1.82, 2.24) is 0 Å². The van der Waals surface area contributed by atoms with Gasteiger partial charge in [-0.25, -0.2) is 0 Å². The summed E-state index contributed by atoms with van der Waals surface area (Å²) in [6.45, 7) is 0. The minimum Gasteiger partial charge on any atom is -0.497 e. The van der Waals surface area contributed by atoms with Gasteiger partial charge in [0, 0.05) is 17.3 Å². The van der Waals surface area contributed by atoms with Gasteiger partial charge in [0.15, 0.2) is 5.43 Å². The number of fused-ring (bicyclic) bond motifs is 1. The second-order valence-electron chi connectivity index (χ2n) is 4.42. The monoisotopic (exact) mass is 267 g/mol. The smallest absolute Gasteiger partial charge is 0.193 e. The number of rotatable bonds is 2. The Morgan fingerprint density at radius 1 is 1.10 bits per heavy atom. The number of ether oxygens (including phenoxy) is 1. The summed E-state index contributed by atoms with van der Waals surface area (Å²) in [5.41, 5.74) is 7.58. The molecule has 4 nitrogen and oxygen atoms in total. The number of methoxy groups -OCH3 is 1. The molecule has 0 bridgehead atoms. The van der Waals surface area contributed by atoms with E-state index in [-0.39, 0.29) is 5.43 Å². The van der Waals surface area contributed by atoms with Crippen molar-refractivity contribution in [3.8, 4) is 17.1 Å². The number of nitrogen functional groups attached to an aromatic ring is 1. The molecule has 0 aliphatic heterocycles. The molecule has 2 aromatic carbocycles. The van der Waals surface area contributed by atoms with Crippen LogP contribution >= 0.6 is 0 Å². The Labute approximate surface area is 115 Å². The van der Waals surface area contributed by atoms with Crippen molar-refractivity contribution in [2.24, 2.45) is 0 Å². The molecule has 20 heavy (non-hydrogen) atoms. The van der Waals surface area contributed by atoms with Crippen molar-refractivity contribution in [2.45, 2.75) is 0 Å². The molecular formula is C16H13NO3. The molecule has 0 saturated carbocycles. The molecule has 4 heteroatoms. The summed E-state index contributed by atoms with van der Waals surface area (Å²) in [6, 6.07) is 13.8. The van der Waals surface area contributed by atoms with Crippen LogP contribution in [-0.2, 0) is 0 Å². The first kappa shape index (κ1) is 12.3. The molecule has 0 aliphatic rings. The second-order valence-corrected chi connectivity index (χ2v) is 4.42. The molecule has 3 rings (SSSR count). The van der Waals surface area contributed by atoms with Gasteiger partial charge in [-0.1, -0.05) is 12.1 Å². The highest BCUT2D eigenvalue weighted by atomic mass is 16.5. The maximum atomic E-state index is 12.1. The van der Waals surface area contributed by atoms with Gasteiger partial charge in [-0.3, -0.25) is 4.79 Å². The average Bonchev–Trinajstić information content (AvgIpc) is 2.48. The number of nitrogens with two attached hydrogens (primary N) is 1. The van der Waals surface area contributed by atoms with Crippen molar-refractivity contribution in [3.05, 3.63) is 58.8 Å². The third kappa shape index (κ3) is 2.01. The van der Waals surface area contributed by atoms with Crippen LogP contribution < -0.4 is 15.9 Å². The Hall–Kier alpha value is -2.75. The molecule has 0 fully saturated rings. The van der Waals surface area contributed by atoms with E-state index in [0.29, 0.717) is 33.7 Å². The summed E-state index contributed by atoms with van der Waals surface area (Å²) in [6.07, 6.45) is 0. The van der Waals surface area contributed by atoms with Crippen LogP contribution in [0.25, 0.3) is 22.3 Å². The molecule has 0 radical (unpaired) electrons. The van der Waals surface area contributed by atoms with Gasteiger partial charge in [-0.2, -0.15) is 0 Å². The van der Waals surface area contributed by atoms with Crippen molar-refractivity contribution < 1.29 is 9.15 Å². The standard InChI is InChI=1S/C16H13NO3/c1-19-10-6-7-13(17)12(8-10)16-9-14(18)11-4-2-3-5-15(11)20-16/h2-9H,17H2,1H3. The predicted molar refractivity (Wildman–Crippen MR) is 78.9 cm³/mol. The van der Waals surface area contributed by atoms with Gasteiger partial charge in [0.2, 0.25) is 0 Å². The lowest BCUT2D eigenvalue weighted by molar-refractivity contribution is 0.415. The average molecular weight is 267 g/mol. The lowest BCUT2D eigenvalue weighted by atomic mass is 10.1. The molecule has 0 saturated heterocycles. The summed E-state index contributed by atoms with van der Waals surface area (Å²) in [5.74, 6) is 1.09. The van der Waals surface area contributed by atoms with Crippen molar-refractivity contribution >= 4 is 16.7 Å². The molecule has 0 aliphatic carbocycles. The first-order valence-corrected chi connectivity index (χ1v) is 6.16. The maximum absolute atomic E-state index is 12.1. The van der Waals surface area contributed by atoms with Gasteiger partial charge in [-0.05, 0) is 30.3 Å². The van der Waals surface area contributed by atoms with Gasteiger partial charge in [0.25, 0.3) is 0 Å². The molecule has 0 atom stereocenters. The molecule has 0 spiro atoms. The zero-order chi connectivity index (χ0) is 14.1. The molecule has 1 heterocycles.